The summed E-state index contributed by atoms with van der Waals surface area (Å²) < 4.78 is 31.9. The van der Waals surface area contributed by atoms with Gasteiger partial charge in [0.2, 0.25) is 10.0 Å². The number of nitrogens with one attached hydrogen (secondary N) is 1. The molecule has 0 aliphatic heterocycles. The quantitative estimate of drug-likeness (QED) is 0.389. The van der Waals surface area contributed by atoms with Gasteiger partial charge in [-0.1, -0.05) is 38.3 Å². The molecule has 0 saturated heterocycles. The average molecular weight is 401 g/mol. The van der Waals surface area contributed by atoms with Gasteiger partial charge in [0, 0.05) is 0 Å². The lowest BCUT2D eigenvalue weighted by Gasteiger charge is -2.15. The highest BCUT2D eigenvalue weighted by molar-refractivity contribution is 7.89. The van der Waals surface area contributed by atoms with E-state index in [1.165, 1.54) is 0 Å². The number of carboxylic acids is 1. The Morgan fingerprint density at radius 2 is 1.81 bits per heavy atom. The fourth-order valence-electron chi connectivity index (χ4n) is 2.54. The van der Waals surface area contributed by atoms with Crippen LogP contribution in [0.3, 0.4) is 0 Å². The minimum absolute atomic E-state index is 0.0641. The molecule has 1 aromatic rings. The van der Waals surface area contributed by atoms with E-state index in [4.69, 9.17) is 10.5 Å². The van der Waals surface area contributed by atoms with Crippen LogP contribution in [-0.2, 0) is 21.2 Å². The SMILES string of the molecule is CCCCS(=O)(=O)NC(Cc1ccc(OCCCCCCN)cc1)C(=O)O. The predicted molar refractivity (Wildman–Crippen MR) is 106 cm³/mol. The van der Waals surface area contributed by atoms with Crippen molar-refractivity contribution in [2.45, 2.75) is 57.9 Å². The molecule has 7 nitrogen and oxygen atoms in total. The zero-order valence-electron chi connectivity index (χ0n) is 16.0. The van der Waals surface area contributed by atoms with Crippen molar-refractivity contribution in [3.8, 4) is 5.75 Å². The molecule has 0 radical (unpaired) electrons. The third-order valence-corrected chi connectivity index (χ3v) is 5.59. The number of rotatable bonds is 15. The van der Waals surface area contributed by atoms with E-state index in [1.54, 1.807) is 24.3 Å². The number of unbranched alkanes of at least 4 members (excludes halogenated alkanes) is 4. The Morgan fingerprint density at radius 1 is 1.15 bits per heavy atom. The van der Waals surface area contributed by atoms with Crippen molar-refractivity contribution in [1.82, 2.24) is 4.72 Å². The second-order valence-corrected chi connectivity index (χ2v) is 8.45. The topological polar surface area (TPSA) is 119 Å². The predicted octanol–water partition coefficient (Wildman–Crippen LogP) is 2.30. The number of nitrogens with two attached hydrogens (primary N) is 1. The van der Waals surface area contributed by atoms with Gasteiger partial charge < -0.3 is 15.6 Å². The first-order valence-electron chi connectivity index (χ1n) is 9.52. The number of carboxylic acid groups (broad SMARTS) is 1. The number of hydrogen-bond donors (Lipinski definition) is 3. The van der Waals surface area contributed by atoms with E-state index >= 15 is 0 Å². The zero-order chi connectivity index (χ0) is 20.1. The Kier molecular flexibility index (Phi) is 11.0. The van der Waals surface area contributed by atoms with Crippen LogP contribution in [0.15, 0.2) is 24.3 Å². The Morgan fingerprint density at radius 3 is 2.41 bits per heavy atom. The number of sulfonamides is 1. The third-order valence-electron chi connectivity index (χ3n) is 4.12. The van der Waals surface area contributed by atoms with Crippen LogP contribution in [-0.4, -0.2) is 44.4 Å². The van der Waals surface area contributed by atoms with E-state index in [-0.39, 0.29) is 12.2 Å². The van der Waals surface area contributed by atoms with Gasteiger partial charge in [0.1, 0.15) is 11.8 Å². The second-order valence-electron chi connectivity index (χ2n) is 6.58. The smallest absolute Gasteiger partial charge is 0.322 e. The van der Waals surface area contributed by atoms with Crippen molar-refractivity contribution in [2.75, 3.05) is 18.9 Å². The molecule has 154 valence electrons. The van der Waals surface area contributed by atoms with Gasteiger partial charge >= 0.3 is 5.97 Å². The molecule has 0 amide bonds. The van der Waals surface area contributed by atoms with Crippen molar-refractivity contribution in [3.63, 3.8) is 0 Å². The monoisotopic (exact) mass is 400 g/mol. The summed E-state index contributed by atoms with van der Waals surface area (Å²) in [4.78, 5) is 11.4. The molecule has 0 aromatic heterocycles. The summed E-state index contributed by atoms with van der Waals surface area (Å²) >= 11 is 0. The first kappa shape index (κ1) is 23.4. The molecule has 4 N–H and O–H groups in total. The molecule has 0 bridgehead atoms. The fraction of sp³-hybridized carbons (Fsp3) is 0.632. The van der Waals surface area contributed by atoms with E-state index in [2.05, 4.69) is 4.72 Å². The fourth-order valence-corrected chi connectivity index (χ4v) is 3.94. The van der Waals surface area contributed by atoms with Crippen molar-refractivity contribution >= 4 is 16.0 Å². The van der Waals surface area contributed by atoms with Gasteiger partial charge in [-0.15, -0.1) is 0 Å². The molecule has 0 fully saturated rings. The highest BCUT2D eigenvalue weighted by Gasteiger charge is 2.24. The van der Waals surface area contributed by atoms with Crippen LogP contribution in [0.5, 0.6) is 5.75 Å². The minimum Gasteiger partial charge on any atom is -0.494 e. The maximum atomic E-state index is 12.0. The lowest BCUT2D eigenvalue weighted by atomic mass is 10.1. The first-order valence-corrected chi connectivity index (χ1v) is 11.2. The highest BCUT2D eigenvalue weighted by atomic mass is 32.2. The maximum absolute atomic E-state index is 12.0. The van der Waals surface area contributed by atoms with Crippen LogP contribution in [0.2, 0.25) is 0 Å². The van der Waals surface area contributed by atoms with E-state index in [0.717, 1.165) is 37.7 Å². The summed E-state index contributed by atoms with van der Waals surface area (Å²) in [5, 5.41) is 9.32. The lowest BCUT2D eigenvalue weighted by molar-refractivity contribution is -0.138. The Labute approximate surface area is 162 Å². The summed E-state index contributed by atoms with van der Waals surface area (Å²) in [7, 11) is -3.60. The van der Waals surface area contributed by atoms with Crippen LogP contribution in [0.4, 0.5) is 0 Å². The van der Waals surface area contributed by atoms with Crippen LogP contribution in [0, 0.1) is 0 Å². The molecule has 0 spiro atoms. The normalized spacial score (nSPS) is 12.7. The van der Waals surface area contributed by atoms with Crippen LogP contribution < -0.4 is 15.2 Å². The number of ether oxygens (including phenoxy) is 1. The van der Waals surface area contributed by atoms with Crippen molar-refractivity contribution < 1.29 is 23.1 Å². The number of carbonyl (C=O) groups is 1. The molecule has 0 aliphatic rings. The molecule has 0 aliphatic carbocycles. The van der Waals surface area contributed by atoms with E-state index in [0.29, 0.717) is 25.3 Å². The second kappa shape index (κ2) is 12.7. The van der Waals surface area contributed by atoms with Crippen LogP contribution in [0.25, 0.3) is 0 Å². The summed E-state index contributed by atoms with van der Waals surface area (Å²) in [5.74, 6) is -0.536. The maximum Gasteiger partial charge on any atom is 0.322 e. The number of aliphatic carboxylic acids is 1. The molecule has 1 unspecified atom stereocenters. The van der Waals surface area contributed by atoms with Gasteiger partial charge in [0.25, 0.3) is 0 Å². The molecule has 8 heteroatoms. The van der Waals surface area contributed by atoms with Gasteiger partial charge in [-0.2, -0.15) is 0 Å². The van der Waals surface area contributed by atoms with Gasteiger partial charge in [-0.05, 0) is 49.9 Å². The van der Waals surface area contributed by atoms with Crippen LogP contribution >= 0.6 is 0 Å². The average Bonchev–Trinajstić information content (AvgIpc) is 2.63. The molecule has 0 saturated carbocycles. The molecule has 1 atom stereocenters. The largest absolute Gasteiger partial charge is 0.494 e. The Balaban J connectivity index is 2.52. The molecule has 27 heavy (non-hydrogen) atoms. The Hall–Kier alpha value is -1.64. The Bertz CT molecular complexity index is 647. The highest BCUT2D eigenvalue weighted by Crippen LogP contribution is 2.15. The molecule has 1 rings (SSSR count). The molecule has 1 aromatic carbocycles. The third kappa shape index (κ3) is 10.3. The minimum atomic E-state index is -3.60. The van der Waals surface area contributed by atoms with Crippen molar-refractivity contribution in [3.05, 3.63) is 29.8 Å². The van der Waals surface area contributed by atoms with Crippen molar-refractivity contribution in [2.24, 2.45) is 5.73 Å². The van der Waals surface area contributed by atoms with Gasteiger partial charge in [-0.3, -0.25) is 4.79 Å². The zero-order valence-corrected chi connectivity index (χ0v) is 16.8. The molecular weight excluding hydrogens is 368 g/mol. The molecule has 0 heterocycles. The number of benzene rings is 1. The first-order chi connectivity index (χ1) is 12.9. The van der Waals surface area contributed by atoms with Gasteiger partial charge in [0.15, 0.2) is 0 Å². The van der Waals surface area contributed by atoms with Crippen LogP contribution in [0.1, 0.15) is 51.0 Å². The van der Waals surface area contributed by atoms with E-state index in [1.807, 2.05) is 6.92 Å². The summed E-state index contributed by atoms with van der Waals surface area (Å²) in [6, 6.07) is 5.90. The summed E-state index contributed by atoms with van der Waals surface area (Å²) in [6.45, 7) is 3.22. The van der Waals surface area contributed by atoms with E-state index < -0.39 is 22.0 Å². The lowest BCUT2D eigenvalue weighted by Crippen LogP contribution is -2.43. The molecular formula is C19H32N2O5S. The van der Waals surface area contributed by atoms with Crippen molar-refractivity contribution in [1.29, 1.82) is 0 Å². The van der Waals surface area contributed by atoms with E-state index in [9.17, 15) is 18.3 Å². The number of hydrogen-bond acceptors (Lipinski definition) is 5. The summed E-state index contributed by atoms with van der Waals surface area (Å²) in [6.07, 6.45) is 5.48. The standard InChI is InChI=1S/C19H32N2O5S/c1-2-3-14-27(24,25)21-18(19(22)23)15-16-8-10-17(11-9-16)26-13-7-5-4-6-12-20/h8-11,18,21H,2-7,12-15,20H2,1H3,(H,22,23). The van der Waals surface area contributed by atoms with Gasteiger partial charge in [-0.25, -0.2) is 13.1 Å². The van der Waals surface area contributed by atoms with Gasteiger partial charge in [0.05, 0.1) is 12.4 Å². The summed E-state index contributed by atoms with van der Waals surface area (Å²) in [5.41, 5.74) is 6.18.